The number of alkyl halides is 3. The van der Waals surface area contributed by atoms with E-state index in [1.165, 1.54) is 13.0 Å². The Labute approximate surface area is 72.9 Å². The number of hydrogen-bond donors (Lipinski definition) is 1. The molecule has 1 aromatic rings. The first-order valence-electron chi connectivity index (χ1n) is 3.50. The average molecular weight is 188 g/mol. The van der Waals surface area contributed by atoms with Crippen molar-refractivity contribution in [2.24, 2.45) is 0 Å². The summed E-state index contributed by atoms with van der Waals surface area (Å²) in [4.78, 5) is 3.50. The molecule has 0 saturated heterocycles. The number of pyridine rings is 1. The fraction of sp³-hybridized carbons (Fsp3) is 0.250. The number of nitrogens with zero attached hydrogens (tertiary/aromatic N) is 1. The van der Waals surface area contributed by atoms with Crippen LogP contribution in [-0.2, 0) is 6.18 Å². The van der Waals surface area contributed by atoms with Gasteiger partial charge in [-0.05, 0) is 19.1 Å². The minimum atomic E-state index is -4.36. The van der Waals surface area contributed by atoms with Gasteiger partial charge in [0.2, 0.25) is 0 Å². The van der Waals surface area contributed by atoms with E-state index < -0.39 is 11.7 Å². The molecule has 1 aromatic heterocycles. The maximum Gasteiger partial charge on any atom is 0.417 e. The number of hydrogen-bond acceptors (Lipinski definition) is 2. The van der Waals surface area contributed by atoms with Crippen LogP contribution in [0.1, 0.15) is 18.2 Å². The molecule has 1 heterocycles. The van der Waals surface area contributed by atoms with Crippen molar-refractivity contribution in [1.29, 1.82) is 5.41 Å². The van der Waals surface area contributed by atoms with Crippen LogP contribution in [0.3, 0.4) is 0 Å². The molecule has 0 unspecified atom stereocenters. The maximum absolute atomic E-state index is 12.0. The van der Waals surface area contributed by atoms with Gasteiger partial charge in [0.15, 0.2) is 0 Å². The predicted molar refractivity (Wildman–Crippen MR) is 41.7 cm³/mol. The predicted octanol–water partition coefficient (Wildman–Crippen LogP) is 2.49. The van der Waals surface area contributed by atoms with Gasteiger partial charge in [0.1, 0.15) is 0 Å². The zero-order valence-corrected chi connectivity index (χ0v) is 6.81. The van der Waals surface area contributed by atoms with E-state index in [-0.39, 0.29) is 11.4 Å². The summed E-state index contributed by atoms with van der Waals surface area (Å²) in [6, 6.07) is 2.10. The first-order chi connectivity index (χ1) is 5.91. The fourth-order valence-corrected chi connectivity index (χ4v) is 0.783. The van der Waals surface area contributed by atoms with E-state index in [0.717, 1.165) is 12.3 Å². The van der Waals surface area contributed by atoms with E-state index in [9.17, 15) is 13.2 Å². The Balaban J connectivity index is 3.01. The summed E-state index contributed by atoms with van der Waals surface area (Å²) in [5.74, 6) is 0. The van der Waals surface area contributed by atoms with E-state index in [1.54, 1.807) is 0 Å². The Morgan fingerprint density at radius 3 is 2.31 bits per heavy atom. The van der Waals surface area contributed by atoms with Crippen LogP contribution in [0.2, 0.25) is 0 Å². The van der Waals surface area contributed by atoms with Crippen LogP contribution in [-0.4, -0.2) is 10.7 Å². The van der Waals surface area contributed by atoms with Crippen molar-refractivity contribution in [3.8, 4) is 0 Å². The summed E-state index contributed by atoms with van der Waals surface area (Å²) in [7, 11) is 0. The van der Waals surface area contributed by atoms with Crippen LogP contribution >= 0.6 is 0 Å². The third kappa shape index (κ3) is 2.27. The van der Waals surface area contributed by atoms with E-state index in [0.29, 0.717) is 0 Å². The Hall–Kier alpha value is -1.39. The minimum Gasteiger partial charge on any atom is -0.303 e. The highest BCUT2D eigenvalue weighted by Crippen LogP contribution is 2.28. The molecule has 0 spiro atoms. The van der Waals surface area contributed by atoms with Crippen molar-refractivity contribution in [3.05, 3.63) is 29.6 Å². The Bertz CT molecular complexity index is 313. The molecule has 0 saturated carbocycles. The second kappa shape index (κ2) is 3.16. The van der Waals surface area contributed by atoms with Crippen molar-refractivity contribution in [3.63, 3.8) is 0 Å². The van der Waals surface area contributed by atoms with Gasteiger partial charge < -0.3 is 5.41 Å². The van der Waals surface area contributed by atoms with Crippen LogP contribution in [0.15, 0.2) is 18.3 Å². The van der Waals surface area contributed by atoms with Crippen molar-refractivity contribution in [1.82, 2.24) is 4.98 Å². The number of halogens is 3. The van der Waals surface area contributed by atoms with Crippen LogP contribution in [0.4, 0.5) is 13.2 Å². The largest absolute Gasteiger partial charge is 0.417 e. The van der Waals surface area contributed by atoms with E-state index in [1.807, 2.05) is 0 Å². The van der Waals surface area contributed by atoms with Gasteiger partial charge in [0.05, 0.1) is 17.0 Å². The Morgan fingerprint density at radius 1 is 1.38 bits per heavy atom. The molecule has 0 radical (unpaired) electrons. The van der Waals surface area contributed by atoms with Crippen molar-refractivity contribution >= 4 is 5.71 Å². The highest BCUT2D eigenvalue weighted by atomic mass is 19.4. The summed E-state index contributed by atoms with van der Waals surface area (Å²) >= 11 is 0. The molecular weight excluding hydrogens is 181 g/mol. The molecular formula is C8H7F3N2. The maximum atomic E-state index is 12.0. The van der Waals surface area contributed by atoms with Crippen molar-refractivity contribution in [2.45, 2.75) is 13.1 Å². The second-order valence-electron chi connectivity index (χ2n) is 2.55. The molecule has 5 heteroatoms. The quantitative estimate of drug-likeness (QED) is 0.675. The van der Waals surface area contributed by atoms with Gasteiger partial charge >= 0.3 is 6.18 Å². The topological polar surface area (TPSA) is 36.7 Å². The molecule has 13 heavy (non-hydrogen) atoms. The summed E-state index contributed by atoms with van der Waals surface area (Å²) in [6.07, 6.45) is -3.63. The molecule has 0 fully saturated rings. The molecule has 0 bridgehead atoms. The van der Waals surface area contributed by atoms with E-state index in [4.69, 9.17) is 5.41 Å². The summed E-state index contributed by atoms with van der Waals surface area (Å²) in [5, 5.41) is 7.12. The molecule has 0 aliphatic heterocycles. The van der Waals surface area contributed by atoms with Crippen molar-refractivity contribution in [2.75, 3.05) is 0 Å². The van der Waals surface area contributed by atoms with Gasteiger partial charge in [0.25, 0.3) is 0 Å². The first kappa shape index (κ1) is 9.70. The Morgan fingerprint density at radius 2 is 2.00 bits per heavy atom. The lowest BCUT2D eigenvalue weighted by molar-refractivity contribution is -0.137. The van der Waals surface area contributed by atoms with Gasteiger partial charge in [-0.1, -0.05) is 0 Å². The molecule has 0 amide bonds. The van der Waals surface area contributed by atoms with Crippen LogP contribution in [0.5, 0.6) is 0 Å². The average Bonchev–Trinajstić information content (AvgIpc) is 2.03. The highest BCUT2D eigenvalue weighted by molar-refractivity contribution is 5.94. The monoisotopic (exact) mass is 188 g/mol. The third-order valence-electron chi connectivity index (χ3n) is 1.48. The zero-order valence-electron chi connectivity index (χ0n) is 6.81. The van der Waals surface area contributed by atoms with Crippen molar-refractivity contribution < 1.29 is 13.2 Å². The molecule has 0 aromatic carbocycles. The summed E-state index contributed by atoms with van der Waals surface area (Å²) < 4.78 is 36.1. The normalized spacial score (nSPS) is 11.4. The molecule has 0 atom stereocenters. The molecule has 0 aliphatic carbocycles. The molecule has 1 rings (SSSR count). The van der Waals surface area contributed by atoms with E-state index in [2.05, 4.69) is 4.98 Å². The van der Waals surface area contributed by atoms with Gasteiger partial charge in [-0.15, -0.1) is 0 Å². The Kier molecular flexibility index (Phi) is 2.36. The number of nitrogens with one attached hydrogen (secondary N) is 1. The van der Waals surface area contributed by atoms with Gasteiger partial charge in [-0.25, -0.2) is 0 Å². The fourth-order valence-electron chi connectivity index (χ4n) is 0.783. The molecule has 70 valence electrons. The molecule has 0 aliphatic rings. The van der Waals surface area contributed by atoms with Gasteiger partial charge in [0, 0.05) is 6.20 Å². The van der Waals surface area contributed by atoms with Crippen LogP contribution in [0, 0.1) is 5.41 Å². The van der Waals surface area contributed by atoms with Gasteiger partial charge in [-0.3, -0.25) is 4.98 Å². The first-order valence-corrected chi connectivity index (χ1v) is 3.50. The standard InChI is InChI=1S/C8H7F3N2/c1-5(12)7-3-2-6(4-13-7)8(9,10)11/h2-4,12H,1H3. The van der Waals surface area contributed by atoms with Gasteiger partial charge in [-0.2, -0.15) is 13.2 Å². The summed E-state index contributed by atoms with van der Waals surface area (Å²) in [5.41, 5.74) is -0.390. The zero-order chi connectivity index (χ0) is 10.1. The minimum absolute atomic E-state index is 0.147. The lowest BCUT2D eigenvalue weighted by Crippen LogP contribution is -2.06. The lowest BCUT2D eigenvalue weighted by atomic mass is 10.2. The van der Waals surface area contributed by atoms with Crippen LogP contribution < -0.4 is 0 Å². The van der Waals surface area contributed by atoms with Crippen LogP contribution in [0.25, 0.3) is 0 Å². The van der Waals surface area contributed by atoms with E-state index >= 15 is 0 Å². The lowest BCUT2D eigenvalue weighted by Gasteiger charge is -2.05. The number of aromatic nitrogens is 1. The smallest absolute Gasteiger partial charge is 0.303 e. The second-order valence-corrected chi connectivity index (χ2v) is 2.55. The highest BCUT2D eigenvalue weighted by Gasteiger charge is 2.30. The third-order valence-corrected chi connectivity index (χ3v) is 1.48. The SMILES string of the molecule is CC(=N)c1ccc(C(F)(F)F)cn1. The molecule has 2 nitrogen and oxygen atoms in total. The molecule has 1 N–H and O–H groups in total. The summed E-state index contributed by atoms with van der Waals surface area (Å²) in [6.45, 7) is 1.47. The number of rotatable bonds is 1.